The van der Waals surface area contributed by atoms with Crippen LogP contribution in [0, 0.1) is 0 Å². The zero-order valence-electron chi connectivity index (χ0n) is 10.1. The Morgan fingerprint density at radius 1 is 1.44 bits per heavy atom. The number of alkyl halides is 2. The highest BCUT2D eigenvalue weighted by atomic mass is 19.3. The molecule has 1 amide bonds. The lowest BCUT2D eigenvalue weighted by molar-refractivity contribution is 0.0101. The van der Waals surface area contributed by atoms with Crippen LogP contribution in [0.15, 0.2) is 30.3 Å². The number of nitrogens with zero attached hydrogens (tertiary/aromatic N) is 1. The van der Waals surface area contributed by atoms with Gasteiger partial charge in [-0.25, -0.2) is 13.6 Å². The first-order valence-corrected chi connectivity index (χ1v) is 5.83. The number of carbonyl (C=O) groups is 1. The minimum atomic E-state index is -2.80. The number of likely N-dealkylation sites (tertiary alicyclic amines) is 1. The van der Waals surface area contributed by atoms with Gasteiger partial charge in [-0.15, -0.1) is 0 Å². The quantitative estimate of drug-likeness (QED) is 0.812. The van der Waals surface area contributed by atoms with Gasteiger partial charge in [0.05, 0.1) is 6.54 Å². The highest BCUT2D eigenvalue weighted by Gasteiger charge is 2.45. The van der Waals surface area contributed by atoms with E-state index in [2.05, 4.69) is 0 Å². The summed E-state index contributed by atoms with van der Waals surface area (Å²) in [5, 5.41) is 0. The molecular formula is C13H15F2NO2. The summed E-state index contributed by atoms with van der Waals surface area (Å²) >= 11 is 0. The molecular weight excluding hydrogens is 240 g/mol. The van der Waals surface area contributed by atoms with Crippen molar-refractivity contribution in [3.8, 4) is 0 Å². The Labute approximate surface area is 104 Å². The van der Waals surface area contributed by atoms with Gasteiger partial charge in [0.25, 0.3) is 5.92 Å². The predicted molar refractivity (Wildman–Crippen MR) is 62.4 cm³/mol. The number of ether oxygens (including phenoxy) is 1. The maximum atomic E-state index is 13.1. The molecule has 98 valence electrons. The molecule has 1 aromatic carbocycles. The lowest BCUT2D eigenvalue weighted by Gasteiger charge is -2.20. The van der Waals surface area contributed by atoms with Crippen LogP contribution >= 0.6 is 0 Å². The molecule has 1 atom stereocenters. The lowest BCUT2D eigenvalue weighted by Crippen LogP contribution is -2.35. The number of carbonyl (C=O) groups excluding carboxylic acids is 1. The molecule has 5 heteroatoms. The molecule has 1 saturated heterocycles. The van der Waals surface area contributed by atoms with Crippen molar-refractivity contribution in [1.29, 1.82) is 0 Å². The Morgan fingerprint density at radius 3 is 2.67 bits per heavy atom. The van der Waals surface area contributed by atoms with Crippen LogP contribution in [0.2, 0.25) is 0 Å². The van der Waals surface area contributed by atoms with Crippen LogP contribution in [0.5, 0.6) is 0 Å². The van der Waals surface area contributed by atoms with E-state index < -0.39 is 24.6 Å². The first-order valence-electron chi connectivity index (χ1n) is 5.83. The van der Waals surface area contributed by atoms with E-state index >= 15 is 0 Å². The molecule has 1 aliphatic rings. The minimum absolute atomic E-state index is 0.106. The highest BCUT2D eigenvalue weighted by Crippen LogP contribution is 2.32. The fourth-order valence-electron chi connectivity index (χ4n) is 2.06. The topological polar surface area (TPSA) is 29.5 Å². The van der Waals surface area contributed by atoms with Crippen LogP contribution in [-0.2, 0) is 11.3 Å². The SMILES string of the molecule is C[C@@H]1CC(F)(F)CN1C(=O)OCc1ccccc1. The van der Waals surface area contributed by atoms with Gasteiger partial charge in [-0.05, 0) is 12.5 Å². The highest BCUT2D eigenvalue weighted by molar-refractivity contribution is 5.68. The van der Waals surface area contributed by atoms with Crippen LogP contribution in [0.3, 0.4) is 0 Å². The van der Waals surface area contributed by atoms with E-state index in [1.807, 2.05) is 30.3 Å². The molecule has 0 N–H and O–H groups in total. The lowest BCUT2D eigenvalue weighted by atomic mass is 10.2. The molecule has 0 spiro atoms. The molecule has 1 heterocycles. The zero-order chi connectivity index (χ0) is 13.2. The summed E-state index contributed by atoms with van der Waals surface area (Å²) in [6.45, 7) is 1.15. The summed E-state index contributed by atoms with van der Waals surface area (Å²) < 4.78 is 31.3. The van der Waals surface area contributed by atoms with Crippen molar-refractivity contribution in [2.45, 2.75) is 31.9 Å². The van der Waals surface area contributed by atoms with E-state index in [1.165, 1.54) is 0 Å². The number of benzene rings is 1. The Balaban J connectivity index is 1.89. The van der Waals surface area contributed by atoms with Gasteiger partial charge in [-0.3, -0.25) is 4.90 Å². The number of hydrogen-bond donors (Lipinski definition) is 0. The number of halogens is 2. The monoisotopic (exact) mass is 255 g/mol. The van der Waals surface area contributed by atoms with Crippen molar-refractivity contribution < 1.29 is 18.3 Å². The third-order valence-electron chi connectivity index (χ3n) is 2.97. The van der Waals surface area contributed by atoms with Crippen LogP contribution in [0.1, 0.15) is 18.9 Å². The maximum absolute atomic E-state index is 13.1. The van der Waals surface area contributed by atoms with Crippen molar-refractivity contribution >= 4 is 6.09 Å². The number of hydrogen-bond acceptors (Lipinski definition) is 2. The van der Waals surface area contributed by atoms with Crippen molar-refractivity contribution in [3.63, 3.8) is 0 Å². The fraction of sp³-hybridized carbons (Fsp3) is 0.462. The average molecular weight is 255 g/mol. The van der Waals surface area contributed by atoms with Crippen molar-refractivity contribution in [2.75, 3.05) is 6.54 Å². The second-order valence-corrected chi connectivity index (χ2v) is 4.58. The minimum Gasteiger partial charge on any atom is -0.445 e. The first-order chi connectivity index (χ1) is 8.48. The van der Waals surface area contributed by atoms with E-state index in [0.29, 0.717) is 0 Å². The van der Waals surface area contributed by atoms with Crippen LogP contribution in [0.4, 0.5) is 13.6 Å². The Bertz CT molecular complexity index is 422. The largest absolute Gasteiger partial charge is 0.445 e. The molecule has 1 aromatic rings. The summed E-state index contributed by atoms with van der Waals surface area (Å²) in [5.41, 5.74) is 0.837. The molecule has 18 heavy (non-hydrogen) atoms. The average Bonchev–Trinajstić information content (AvgIpc) is 2.61. The molecule has 0 bridgehead atoms. The molecule has 0 unspecified atom stereocenters. The van der Waals surface area contributed by atoms with Crippen molar-refractivity contribution in [1.82, 2.24) is 4.90 Å². The smallest absolute Gasteiger partial charge is 0.410 e. The van der Waals surface area contributed by atoms with Gasteiger partial charge in [-0.2, -0.15) is 0 Å². The summed E-state index contributed by atoms with van der Waals surface area (Å²) in [4.78, 5) is 12.8. The Morgan fingerprint density at radius 2 is 2.11 bits per heavy atom. The third-order valence-corrected chi connectivity index (χ3v) is 2.97. The van der Waals surface area contributed by atoms with Gasteiger partial charge in [0.2, 0.25) is 0 Å². The third kappa shape index (κ3) is 2.97. The van der Waals surface area contributed by atoms with E-state index in [-0.39, 0.29) is 13.0 Å². The molecule has 1 fully saturated rings. The number of amides is 1. The second kappa shape index (κ2) is 4.92. The van der Waals surface area contributed by atoms with Crippen molar-refractivity contribution in [2.24, 2.45) is 0 Å². The van der Waals surface area contributed by atoms with Gasteiger partial charge < -0.3 is 4.74 Å². The first kappa shape index (κ1) is 12.8. The fourth-order valence-corrected chi connectivity index (χ4v) is 2.06. The van der Waals surface area contributed by atoms with Gasteiger partial charge in [0.1, 0.15) is 6.61 Å². The number of rotatable bonds is 2. The standard InChI is InChI=1S/C13H15F2NO2/c1-10-7-13(14,15)9-16(10)12(17)18-8-11-5-3-2-4-6-11/h2-6,10H,7-9H2,1H3/t10-/m1/s1. The summed E-state index contributed by atoms with van der Waals surface area (Å²) in [6.07, 6.45) is -0.975. The van der Waals surface area contributed by atoms with Gasteiger partial charge >= 0.3 is 6.09 Å². The van der Waals surface area contributed by atoms with Gasteiger partial charge in [-0.1, -0.05) is 30.3 Å². The molecule has 0 saturated carbocycles. The second-order valence-electron chi connectivity index (χ2n) is 4.58. The van der Waals surface area contributed by atoms with Crippen LogP contribution in [0.25, 0.3) is 0 Å². The molecule has 0 aromatic heterocycles. The van der Waals surface area contributed by atoms with E-state index in [9.17, 15) is 13.6 Å². The van der Waals surface area contributed by atoms with Gasteiger partial charge in [0.15, 0.2) is 0 Å². The van der Waals surface area contributed by atoms with Crippen LogP contribution < -0.4 is 0 Å². The molecule has 0 aliphatic carbocycles. The predicted octanol–water partition coefficient (Wildman–Crippen LogP) is 3.05. The van der Waals surface area contributed by atoms with Gasteiger partial charge in [0, 0.05) is 12.5 Å². The van der Waals surface area contributed by atoms with E-state index in [0.717, 1.165) is 10.5 Å². The summed E-state index contributed by atoms with van der Waals surface area (Å²) in [7, 11) is 0. The zero-order valence-corrected chi connectivity index (χ0v) is 10.1. The Hall–Kier alpha value is -1.65. The summed E-state index contributed by atoms with van der Waals surface area (Å²) in [5.74, 6) is -2.80. The normalized spacial score (nSPS) is 21.9. The maximum Gasteiger partial charge on any atom is 0.410 e. The van der Waals surface area contributed by atoms with Crippen LogP contribution in [-0.4, -0.2) is 29.5 Å². The molecule has 3 nitrogen and oxygen atoms in total. The molecule has 0 radical (unpaired) electrons. The van der Waals surface area contributed by atoms with E-state index in [1.54, 1.807) is 6.92 Å². The van der Waals surface area contributed by atoms with E-state index in [4.69, 9.17) is 4.74 Å². The molecule has 2 rings (SSSR count). The Kier molecular flexibility index (Phi) is 3.50. The molecule has 1 aliphatic heterocycles. The summed E-state index contributed by atoms with van der Waals surface area (Å²) in [6, 6.07) is 8.66. The van der Waals surface area contributed by atoms with Crippen molar-refractivity contribution in [3.05, 3.63) is 35.9 Å².